The van der Waals surface area contributed by atoms with E-state index in [1.165, 1.54) is 32.1 Å². The van der Waals surface area contributed by atoms with Crippen molar-refractivity contribution in [3.8, 4) is 6.07 Å². The molecule has 18 heavy (non-hydrogen) atoms. The number of fused-ring (bicyclic) bond motifs is 1. The molecule has 0 aliphatic heterocycles. The van der Waals surface area contributed by atoms with Gasteiger partial charge >= 0.3 is 0 Å². The van der Waals surface area contributed by atoms with Gasteiger partial charge in [0.2, 0.25) is 17.5 Å². The monoisotopic (exact) mass is 245 g/mol. The molecule has 2 N–H and O–H groups in total. The number of oxazole rings is 1. The first-order valence-electron chi connectivity index (χ1n) is 6.94. The van der Waals surface area contributed by atoms with Crippen molar-refractivity contribution in [3.63, 3.8) is 0 Å². The minimum atomic E-state index is 0.179. The van der Waals surface area contributed by atoms with E-state index in [2.05, 4.69) is 4.98 Å². The summed E-state index contributed by atoms with van der Waals surface area (Å²) in [5.74, 6) is 2.98. The number of nitriles is 1. The number of nitrogens with zero attached hydrogens (tertiary/aromatic N) is 2. The second-order valence-corrected chi connectivity index (χ2v) is 5.69. The molecular weight excluding hydrogens is 226 g/mol. The van der Waals surface area contributed by atoms with Gasteiger partial charge in [0.1, 0.15) is 6.07 Å². The first-order valence-corrected chi connectivity index (χ1v) is 6.94. The third-order valence-electron chi connectivity index (χ3n) is 4.66. The van der Waals surface area contributed by atoms with E-state index in [-0.39, 0.29) is 11.6 Å². The van der Waals surface area contributed by atoms with Gasteiger partial charge in [-0.2, -0.15) is 5.26 Å². The predicted molar refractivity (Wildman–Crippen MR) is 67.7 cm³/mol. The number of hydrogen-bond donors (Lipinski definition) is 1. The maximum absolute atomic E-state index is 8.87. The van der Waals surface area contributed by atoms with Crippen molar-refractivity contribution in [2.45, 2.75) is 50.9 Å². The van der Waals surface area contributed by atoms with Gasteiger partial charge in [-0.05, 0) is 31.1 Å². The molecular formula is C14H19N3O. The Hall–Kier alpha value is -1.50. The summed E-state index contributed by atoms with van der Waals surface area (Å²) in [7, 11) is 0. The second-order valence-electron chi connectivity index (χ2n) is 5.69. The van der Waals surface area contributed by atoms with E-state index in [9.17, 15) is 0 Å². The molecule has 2 aliphatic carbocycles. The summed E-state index contributed by atoms with van der Waals surface area (Å²) >= 11 is 0. The van der Waals surface area contributed by atoms with Crippen molar-refractivity contribution in [2.75, 3.05) is 5.73 Å². The third kappa shape index (κ3) is 1.98. The summed E-state index contributed by atoms with van der Waals surface area (Å²) in [6.07, 6.45) is 9.08. The Balaban J connectivity index is 1.75. The summed E-state index contributed by atoms with van der Waals surface area (Å²) in [5.41, 5.74) is 5.88. The maximum Gasteiger partial charge on any atom is 0.229 e. The quantitative estimate of drug-likeness (QED) is 0.824. The molecule has 0 aromatic carbocycles. The Kier molecular flexibility index (Phi) is 2.99. The van der Waals surface area contributed by atoms with Gasteiger partial charge in [-0.25, -0.2) is 4.98 Å². The van der Waals surface area contributed by atoms with Crippen molar-refractivity contribution < 1.29 is 4.42 Å². The van der Waals surface area contributed by atoms with Crippen LogP contribution in [0.2, 0.25) is 0 Å². The van der Waals surface area contributed by atoms with E-state index in [1.54, 1.807) is 0 Å². The first kappa shape index (κ1) is 11.6. The van der Waals surface area contributed by atoms with Crippen LogP contribution in [0.15, 0.2) is 4.42 Å². The van der Waals surface area contributed by atoms with Crippen LogP contribution in [-0.2, 0) is 0 Å². The van der Waals surface area contributed by atoms with Gasteiger partial charge in [0.15, 0.2) is 0 Å². The number of anilines is 1. The number of nitrogen functional groups attached to an aromatic ring is 1. The lowest BCUT2D eigenvalue weighted by Gasteiger charge is -2.38. The van der Waals surface area contributed by atoms with Gasteiger partial charge in [0, 0.05) is 5.92 Å². The molecule has 1 heterocycles. The number of nitrogens with two attached hydrogens (primary N) is 1. The topological polar surface area (TPSA) is 75.8 Å². The largest absolute Gasteiger partial charge is 0.424 e. The number of rotatable bonds is 1. The van der Waals surface area contributed by atoms with E-state index in [4.69, 9.17) is 15.4 Å². The molecule has 0 saturated heterocycles. The molecule has 3 unspecified atom stereocenters. The summed E-state index contributed by atoms with van der Waals surface area (Å²) in [6.45, 7) is 0. The molecule has 0 bridgehead atoms. The molecule has 1 aromatic heterocycles. The van der Waals surface area contributed by atoms with Gasteiger partial charge in [-0.3, -0.25) is 0 Å². The molecule has 0 spiro atoms. The van der Waals surface area contributed by atoms with Crippen molar-refractivity contribution in [3.05, 3.63) is 11.6 Å². The van der Waals surface area contributed by atoms with E-state index in [1.807, 2.05) is 6.07 Å². The lowest BCUT2D eigenvalue weighted by Crippen LogP contribution is -2.26. The molecule has 2 aliphatic rings. The molecule has 0 amide bonds. The molecule has 2 fully saturated rings. The van der Waals surface area contributed by atoms with Crippen LogP contribution in [-0.4, -0.2) is 4.98 Å². The summed E-state index contributed by atoms with van der Waals surface area (Å²) in [4.78, 5) is 4.24. The minimum Gasteiger partial charge on any atom is -0.424 e. The Morgan fingerprint density at radius 2 is 1.94 bits per heavy atom. The van der Waals surface area contributed by atoms with Gasteiger partial charge < -0.3 is 10.2 Å². The molecule has 4 nitrogen and oxygen atoms in total. The molecule has 0 radical (unpaired) electrons. The van der Waals surface area contributed by atoms with Crippen LogP contribution in [0.3, 0.4) is 0 Å². The van der Waals surface area contributed by atoms with Crippen LogP contribution in [0.1, 0.15) is 62.4 Å². The third-order valence-corrected chi connectivity index (χ3v) is 4.66. The Morgan fingerprint density at radius 3 is 2.67 bits per heavy atom. The lowest BCUT2D eigenvalue weighted by molar-refractivity contribution is 0.146. The fourth-order valence-electron chi connectivity index (χ4n) is 3.70. The van der Waals surface area contributed by atoms with Crippen LogP contribution in [0.4, 0.5) is 5.88 Å². The van der Waals surface area contributed by atoms with Crippen LogP contribution in [0.25, 0.3) is 0 Å². The van der Waals surface area contributed by atoms with Crippen LogP contribution < -0.4 is 5.73 Å². The van der Waals surface area contributed by atoms with Gasteiger partial charge in [0.05, 0.1) is 0 Å². The zero-order valence-electron chi connectivity index (χ0n) is 10.6. The van der Waals surface area contributed by atoms with E-state index in [0.29, 0.717) is 11.8 Å². The zero-order chi connectivity index (χ0) is 12.5. The van der Waals surface area contributed by atoms with Crippen molar-refractivity contribution in [1.82, 2.24) is 4.98 Å². The SMILES string of the molecule is N#Cc1nc(C2CCC3CCCCC3C2)oc1N. The second kappa shape index (κ2) is 4.64. The minimum absolute atomic E-state index is 0.179. The Morgan fingerprint density at radius 1 is 1.17 bits per heavy atom. The fraction of sp³-hybridized carbons (Fsp3) is 0.714. The van der Waals surface area contributed by atoms with Gasteiger partial charge in [0.25, 0.3) is 0 Å². The normalized spacial score (nSPS) is 31.6. The maximum atomic E-state index is 8.87. The average Bonchev–Trinajstić information content (AvgIpc) is 2.79. The van der Waals surface area contributed by atoms with Gasteiger partial charge in [-0.1, -0.05) is 25.7 Å². The molecule has 2 saturated carbocycles. The highest BCUT2D eigenvalue weighted by atomic mass is 16.4. The predicted octanol–water partition coefficient (Wildman–Crippen LogP) is 3.20. The molecule has 96 valence electrons. The molecule has 3 atom stereocenters. The standard InChI is InChI=1S/C14H19N3O/c15-8-12-13(16)18-14(17-12)11-6-5-9-3-1-2-4-10(9)7-11/h9-11H,1-7,16H2. The van der Waals surface area contributed by atoms with Crippen LogP contribution >= 0.6 is 0 Å². The van der Waals surface area contributed by atoms with E-state index in [0.717, 1.165) is 24.7 Å². The highest BCUT2D eigenvalue weighted by Gasteiger charge is 2.34. The average molecular weight is 245 g/mol. The molecule has 3 rings (SSSR count). The Bertz CT molecular complexity index is 474. The Labute approximate surface area is 107 Å². The summed E-state index contributed by atoms with van der Waals surface area (Å²) in [5, 5.41) is 8.87. The summed E-state index contributed by atoms with van der Waals surface area (Å²) < 4.78 is 5.47. The van der Waals surface area contributed by atoms with Gasteiger partial charge in [-0.15, -0.1) is 0 Å². The highest BCUT2D eigenvalue weighted by molar-refractivity contribution is 5.40. The number of aromatic nitrogens is 1. The van der Waals surface area contributed by atoms with Crippen LogP contribution in [0.5, 0.6) is 0 Å². The molecule has 1 aromatic rings. The highest BCUT2D eigenvalue weighted by Crippen LogP contribution is 2.46. The molecule has 4 heteroatoms. The lowest BCUT2D eigenvalue weighted by atomic mass is 9.67. The van der Waals surface area contributed by atoms with Crippen molar-refractivity contribution in [2.24, 2.45) is 11.8 Å². The fourth-order valence-corrected chi connectivity index (χ4v) is 3.70. The zero-order valence-corrected chi connectivity index (χ0v) is 10.6. The van der Waals surface area contributed by atoms with Crippen molar-refractivity contribution >= 4 is 5.88 Å². The summed E-state index contributed by atoms with van der Waals surface area (Å²) in [6, 6.07) is 1.98. The smallest absolute Gasteiger partial charge is 0.229 e. The van der Waals surface area contributed by atoms with Crippen LogP contribution in [0, 0.1) is 23.2 Å². The number of hydrogen-bond acceptors (Lipinski definition) is 4. The van der Waals surface area contributed by atoms with E-state index >= 15 is 0 Å². The van der Waals surface area contributed by atoms with E-state index < -0.39 is 0 Å². The van der Waals surface area contributed by atoms with Crippen molar-refractivity contribution in [1.29, 1.82) is 5.26 Å². The first-order chi connectivity index (χ1) is 8.78.